The molecule has 1 aromatic carbocycles. The summed E-state index contributed by atoms with van der Waals surface area (Å²) in [6.07, 6.45) is 2.52. The van der Waals surface area contributed by atoms with Crippen LogP contribution in [0.15, 0.2) is 24.3 Å². The second-order valence-corrected chi connectivity index (χ2v) is 3.81. The van der Waals surface area contributed by atoms with Crippen LogP contribution in [0.4, 0.5) is 5.69 Å². The van der Waals surface area contributed by atoms with Gasteiger partial charge in [0.2, 0.25) is 5.91 Å². The van der Waals surface area contributed by atoms with Gasteiger partial charge >= 0.3 is 0 Å². The number of ether oxygens (including phenoxy) is 1. The SMILES string of the molecule is CCCCC(=O)Nc1ccc(OCCN)cc1. The van der Waals surface area contributed by atoms with E-state index in [0.717, 1.165) is 24.3 Å². The number of unbranched alkanes of at least 4 members (excludes halogenated alkanes) is 1. The first-order chi connectivity index (χ1) is 8.26. The highest BCUT2D eigenvalue weighted by molar-refractivity contribution is 5.90. The van der Waals surface area contributed by atoms with Crippen LogP contribution in [-0.2, 0) is 4.79 Å². The summed E-state index contributed by atoms with van der Waals surface area (Å²) in [5.74, 6) is 0.824. The summed E-state index contributed by atoms with van der Waals surface area (Å²) in [4.78, 5) is 11.5. The van der Waals surface area contributed by atoms with Crippen molar-refractivity contribution in [1.82, 2.24) is 0 Å². The van der Waals surface area contributed by atoms with Gasteiger partial charge in [0.25, 0.3) is 0 Å². The number of nitrogens with two attached hydrogens (primary N) is 1. The maximum absolute atomic E-state index is 11.5. The zero-order valence-electron chi connectivity index (χ0n) is 10.2. The van der Waals surface area contributed by atoms with E-state index in [-0.39, 0.29) is 5.91 Å². The maximum atomic E-state index is 11.5. The Hall–Kier alpha value is -1.55. The second-order valence-electron chi connectivity index (χ2n) is 3.81. The van der Waals surface area contributed by atoms with Gasteiger partial charge in [-0.3, -0.25) is 4.79 Å². The van der Waals surface area contributed by atoms with Crippen LogP contribution >= 0.6 is 0 Å². The molecule has 0 saturated heterocycles. The number of carbonyl (C=O) groups is 1. The Balaban J connectivity index is 2.42. The van der Waals surface area contributed by atoms with Crippen molar-refractivity contribution >= 4 is 11.6 Å². The van der Waals surface area contributed by atoms with Gasteiger partial charge in [0.15, 0.2) is 0 Å². The minimum Gasteiger partial charge on any atom is -0.492 e. The van der Waals surface area contributed by atoms with Gasteiger partial charge in [-0.05, 0) is 30.7 Å². The van der Waals surface area contributed by atoms with Gasteiger partial charge in [-0.25, -0.2) is 0 Å². The second kappa shape index (κ2) is 7.68. The van der Waals surface area contributed by atoms with Crippen LogP contribution in [0, 0.1) is 0 Å². The van der Waals surface area contributed by atoms with Gasteiger partial charge in [-0.15, -0.1) is 0 Å². The lowest BCUT2D eigenvalue weighted by Crippen LogP contribution is -2.11. The number of nitrogens with one attached hydrogen (secondary N) is 1. The minimum absolute atomic E-state index is 0.0578. The van der Waals surface area contributed by atoms with E-state index in [1.807, 2.05) is 24.3 Å². The Labute approximate surface area is 102 Å². The lowest BCUT2D eigenvalue weighted by Gasteiger charge is -2.07. The lowest BCUT2D eigenvalue weighted by molar-refractivity contribution is -0.116. The Bertz CT molecular complexity index is 336. The molecule has 0 atom stereocenters. The van der Waals surface area contributed by atoms with E-state index < -0.39 is 0 Å². The molecular formula is C13H20N2O2. The van der Waals surface area contributed by atoms with Gasteiger partial charge in [0.1, 0.15) is 12.4 Å². The fraction of sp³-hybridized carbons (Fsp3) is 0.462. The molecule has 1 aromatic rings. The van der Waals surface area contributed by atoms with Crippen LogP contribution < -0.4 is 15.8 Å². The average Bonchev–Trinajstić information content (AvgIpc) is 2.35. The molecule has 0 aliphatic heterocycles. The monoisotopic (exact) mass is 236 g/mol. The van der Waals surface area contributed by atoms with Crippen LogP contribution in [0.5, 0.6) is 5.75 Å². The summed E-state index contributed by atoms with van der Waals surface area (Å²) in [5, 5.41) is 2.84. The van der Waals surface area contributed by atoms with E-state index in [0.29, 0.717) is 19.6 Å². The predicted molar refractivity (Wildman–Crippen MR) is 69.1 cm³/mol. The van der Waals surface area contributed by atoms with Crippen LogP contribution in [0.25, 0.3) is 0 Å². The molecule has 4 nitrogen and oxygen atoms in total. The number of benzene rings is 1. The van der Waals surface area contributed by atoms with Gasteiger partial charge in [0, 0.05) is 18.7 Å². The van der Waals surface area contributed by atoms with Crippen molar-refractivity contribution in [2.75, 3.05) is 18.5 Å². The molecule has 0 heterocycles. The fourth-order valence-corrected chi connectivity index (χ4v) is 1.37. The predicted octanol–water partition coefficient (Wildman–Crippen LogP) is 2.15. The van der Waals surface area contributed by atoms with E-state index in [4.69, 9.17) is 10.5 Å². The highest BCUT2D eigenvalue weighted by atomic mass is 16.5. The number of anilines is 1. The van der Waals surface area contributed by atoms with Gasteiger partial charge in [-0.1, -0.05) is 13.3 Å². The van der Waals surface area contributed by atoms with Crippen molar-refractivity contribution in [2.45, 2.75) is 26.2 Å². The number of amides is 1. The lowest BCUT2D eigenvalue weighted by atomic mass is 10.2. The molecular weight excluding hydrogens is 216 g/mol. The zero-order chi connectivity index (χ0) is 12.5. The maximum Gasteiger partial charge on any atom is 0.224 e. The summed E-state index contributed by atoms with van der Waals surface area (Å²) >= 11 is 0. The molecule has 0 spiro atoms. The molecule has 0 aliphatic carbocycles. The molecule has 0 radical (unpaired) electrons. The standard InChI is InChI=1S/C13H20N2O2/c1-2-3-4-13(16)15-11-5-7-12(8-6-11)17-10-9-14/h5-8H,2-4,9-10,14H2,1H3,(H,15,16). The summed E-state index contributed by atoms with van der Waals surface area (Å²) < 4.78 is 5.34. The van der Waals surface area contributed by atoms with E-state index in [1.54, 1.807) is 0 Å². The van der Waals surface area contributed by atoms with Gasteiger partial charge in [0.05, 0.1) is 0 Å². The molecule has 0 aromatic heterocycles. The molecule has 4 heteroatoms. The largest absolute Gasteiger partial charge is 0.492 e. The molecule has 1 amide bonds. The van der Waals surface area contributed by atoms with E-state index in [9.17, 15) is 4.79 Å². The quantitative estimate of drug-likeness (QED) is 0.762. The Morgan fingerprint density at radius 1 is 1.35 bits per heavy atom. The number of rotatable bonds is 7. The first kappa shape index (κ1) is 13.5. The van der Waals surface area contributed by atoms with E-state index in [2.05, 4.69) is 12.2 Å². The van der Waals surface area contributed by atoms with Gasteiger partial charge < -0.3 is 15.8 Å². The third-order valence-electron chi connectivity index (χ3n) is 2.28. The number of hydrogen-bond acceptors (Lipinski definition) is 3. The highest BCUT2D eigenvalue weighted by Crippen LogP contribution is 2.15. The Morgan fingerprint density at radius 2 is 2.06 bits per heavy atom. The van der Waals surface area contributed by atoms with Gasteiger partial charge in [-0.2, -0.15) is 0 Å². The van der Waals surface area contributed by atoms with E-state index in [1.165, 1.54) is 0 Å². The van der Waals surface area contributed by atoms with Crippen molar-refractivity contribution in [3.8, 4) is 5.75 Å². The first-order valence-corrected chi connectivity index (χ1v) is 5.99. The van der Waals surface area contributed by atoms with Crippen LogP contribution in [0.2, 0.25) is 0 Å². The summed E-state index contributed by atoms with van der Waals surface area (Å²) in [5.41, 5.74) is 6.13. The van der Waals surface area contributed by atoms with Crippen LogP contribution in [-0.4, -0.2) is 19.1 Å². The Morgan fingerprint density at radius 3 is 2.65 bits per heavy atom. The Kier molecular flexibility index (Phi) is 6.10. The minimum atomic E-state index is 0.0578. The molecule has 0 aliphatic rings. The molecule has 3 N–H and O–H groups in total. The van der Waals surface area contributed by atoms with Crippen molar-refractivity contribution in [3.63, 3.8) is 0 Å². The fourth-order valence-electron chi connectivity index (χ4n) is 1.37. The van der Waals surface area contributed by atoms with Crippen LogP contribution in [0.1, 0.15) is 26.2 Å². The average molecular weight is 236 g/mol. The third-order valence-corrected chi connectivity index (χ3v) is 2.28. The van der Waals surface area contributed by atoms with Crippen molar-refractivity contribution in [2.24, 2.45) is 5.73 Å². The number of carbonyl (C=O) groups excluding carboxylic acids is 1. The van der Waals surface area contributed by atoms with Crippen LogP contribution in [0.3, 0.4) is 0 Å². The van der Waals surface area contributed by atoms with Crippen molar-refractivity contribution in [1.29, 1.82) is 0 Å². The molecule has 0 fully saturated rings. The summed E-state index contributed by atoms with van der Waals surface area (Å²) in [6, 6.07) is 7.31. The molecule has 17 heavy (non-hydrogen) atoms. The van der Waals surface area contributed by atoms with Crippen molar-refractivity contribution < 1.29 is 9.53 Å². The zero-order valence-corrected chi connectivity index (χ0v) is 10.2. The first-order valence-electron chi connectivity index (χ1n) is 5.99. The summed E-state index contributed by atoms with van der Waals surface area (Å²) in [7, 11) is 0. The number of hydrogen-bond donors (Lipinski definition) is 2. The van der Waals surface area contributed by atoms with E-state index >= 15 is 0 Å². The smallest absolute Gasteiger partial charge is 0.224 e. The normalized spacial score (nSPS) is 10.0. The summed E-state index contributed by atoms with van der Waals surface area (Å²) in [6.45, 7) is 3.06. The molecule has 0 bridgehead atoms. The topological polar surface area (TPSA) is 64.3 Å². The molecule has 0 unspecified atom stereocenters. The highest BCUT2D eigenvalue weighted by Gasteiger charge is 2.01. The van der Waals surface area contributed by atoms with Crippen molar-refractivity contribution in [3.05, 3.63) is 24.3 Å². The molecule has 94 valence electrons. The third kappa shape index (κ3) is 5.36. The molecule has 1 rings (SSSR count). The molecule has 0 saturated carbocycles.